The average Bonchev–Trinajstić information content (AvgIpc) is 2.84. The standard InChI is InChI=1S/C17H15NO5S/c1-10(19)7-17(20)18-16-4-2-3-14-13-6-5-12(24(21,22)23)8-11(13)9-15(14)16/h2-6,8H,7,9H2,1H3,(H,18,20)(H,21,22,23). The van der Waals surface area contributed by atoms with Gasteiger partial charge in [-0.1, -0.05) is 18.2 Å². The van der Waals surface area contributed by atoms with Crippen LogP contribution >= 0.6 is 0 Å². The van der Waals surface area contributed by atoms with Crippen LogP contribution in [0.25, 0.3) is 11.1 Å². The Bertz CT molecular complexity index is 963. The highest BCUT2D eigenvalue weighted by Gasteiger charge is 2.24. The Morgan fingerprint density at radius 2 is 1.92 bits per heavy atom. The van der Waals surface area contributed by atoms with Gasteiger partial charge in [0, 0.05) is 12.1 Å². The molecule has 0 bridgehead atoms. The minimum absolute atomic E-state index is 0.156. The zero-order chi connectivity index (χ0) is 17.5. The van der Waals surface area contributed by atoms with Crippen molar-refractivity contribution in [2.24, 2.45) is 0 Å². The van der Waals surface area contributed by atoms with Crippen LogP contribution in [0.3, 0.4) is 0 Å². The number of hydrogen-bond donors (Lipinski definition) is 2. The summed E-state index contributed by atoms with van der Waals surface area (Å²) in [6.45, 7) is 1.35. The van der Waals surface area contributed by atoms with Crippen LogP contribution in [0.5, 0.6) is 0 Å². The molecular formula is C17H15NO5S. The number of fused-ring (bicyclic) bond motifs is 3. The van der Waals surface area contributed by atoms with Crippen LogP contribution in [0, 0.1) is 0 Å². The van der Waals surface area contributed by atoms with Crippen molar-refractivity contribution in [2.45, 2.75) is 24.7 Å². The lowest BCUT2D eigenvalue weighted by atomic mass is 10.0. The van der Waals surface area contributed by atoms with Gasteiger partial charge in [-0.2, -0.15) is 8.42 Å². The third-order valence-corrected chi connectivity index (χ3v) is 4.74. The molecule has 0 fully saturated rings. The summed E-state index contributed by atoms with van der Waals surface area (Å²) in [6, 6.07) is 9.84. The van der Waals surface area contributed by atoms with Gasteiger partial charge >= 0.3 is 0 Å². The fourth-order valence-electron chi connectivity index (χ4n) is 2.90. The number of carbonyl (C=O) groups is 2. The first kappa shape index (κ1) is 16.4. The highest BCUT2D eigenvalue weighted by Crippen LogP contribution is 2.41. The topological polar surface area (TPSA) is 101 Å². The predicted molar refractivity (Wildman–Crippen MR) is 88.4 cm³/mol. The van der Waals surface area contributed by atoms with Gasteiger partial charge in [0.2, 0.25) is 5.91 Å². The molecule has 2 aromatic carbocycles. The number of ketones is 1. The van der Waals surface area contributed by atoms with E-state index in [0.717, 1.165) is 22.3 Å². The van der Waals surface area contributed by atoms with Gasteiger partial charge in [0.1, 0.15) is 5.78 Å². The van der Waals surface area contributed by atoms with Gasteiger partial charge in [0.05, 0.1) is 11.3 Å². The third kappa shape index (κ3) is 3.08. The maximum absolute atomic E-state index is 11.8. The normalized spacial score (nSPS) is 12.4. The molecule has 0 saturated heterocycles. The fraction of sp³-hybridized carbons (Fsp3) is 0.176. The van der Waals surface area contributed by atoms with E-state index in [2.05, 4.69) is 5.32 Å². The summed E-state index contributed by atoms with van der Waals surface area (Å²) in [4.78, 5) is 22.7. The molecule has 0 aliphatic heterocycles. The molecule has 0 unspecified atom stereocenters. The Labute approximate surface area is 139 Å². The van der Waals surface area contributed by atoms with Crippen LogP contribution < -0.4 is 5.32 Å². The number of amides is 1. The number of Topliss-reactive ketones (excluding diaryl/α,β-unsaturated/α-hetero) is 1. The molecule has 124 valence electrons. The lowest BCUT2D eigenvalue weighted by molar-refractivity contribution is -0.124. The third-order valence-electron chi connectivity index (χ3n) is 3.89. The minimum Gasteiger partial charge on any atom is -0.325 e. The fourth-order valence-corrected chi connectivity index (χ4v) is 3.43. The monoisotopic (exact) mass is 345 g/mol. The van der Waals surface area contributed by atoms with Gasteiger partial charge in [-0.3, -0.25) is 14.1 Å². The Kier molecular flexibility index (Phi) is 3.98. The molecule has 0 heterocycles. The SMILES string of the molecule is CC(=O)CC(=O)Nc1cccc2c1Cc1cc(S(=O)(=O)O)ccc1-2. The molecule has 2 N–H and O–H groups in total. The number of benzene rings is 2. The molecule has 1 amide bonds. The Balaban J connectivity index is 1.97. The van der Waals surface area contributed by atoms with E-state index in [-0.39, 0.29) is 23.0 Å². The number of nitrogens with one attached hydrogen (secondary N) is 1. The highest BCUT2D eigenvalue weighted by atomic mass is 32.2. The van der Waals surface area contributed by atoms with Crippen LogP contribution in [-0.4, -0.2) is 24.7 Å². The maximum atomic E-state index is 11.8. The molecule has 1 aliphatic carbocycles. The predicted octanol–water partition coefficient (Wildman–Crippen LogP) is 2.42. The van der Waals surface area contributed by atoms with Crippen LogP contribution in [-0.2, 0) is 26.1 Å². The zero-order valence-electron chi connectivity index (χ0n) is 12.9. The van der Waals surface area contributed by atoms with E-state index in [1.54, 1.807) is 18.2 Å². The van der Waals surface area contributed by atoms with Gasteiger partial charge < -0.3 is 5.32 Å². The van der Waals surface area contributed by atoms with Crippen molar-refractivity contribution in [2.75, 3.05) is 5.32 Å². The van der Waals surface area contributed by atoms with Gasteiger partial charge in [0.15, 0.2) is 0 Å². The van der Waals surface area contributed by atoms with Gasteiger partial charge in [-0.15, -0.1) is 0 Å². The smallest absolute Gasteiger partial charge is 0.294 e. The molecule has 6 nitrogen and oxygen atoms in total. The van der Waals surface area contributed by atoms with Crippen molar-refractivity contribution in [3.05, 3.63) is 47.5 Å². The van der Waals surface area contributed by atoms with E-state index in [4.69, 9.17) is 0 Å². The largest absolute Gasteiger partial charge is 0.325 e. The Morgan fingerprint density at radius 3 is 2.58 bits per heavy atom. The van der Waals surface area contributed by atoms with E-state index < -0.39 is 10.1 Å². The molecule has 0 atom stereocenters. The van der Waals surface area contributed by atoms with Crippen molar-refractivity contribution in [3.8, 4) is 11.1 Å². The molecule has 1 aliphatic rings. The molecule has 3 rings (SSSR count). The first-order valence-electron chi connectivity index (χ1n) is 7.27. The molecule has 0 spiro atoms. The molecule has 2 aromatic rings. The summed E-state index contributed by atoms with van der Waals surface area (Å²) in [6.07, 6.45) is 0.244. The van der Waals surface area contributed by atoms with E-state index in [0.29, 0.717) is 12.1 Å². The van der Waals surface area contributed by atoms with Crippen LogP contribution in [0.4, 0.5) is 5.69 Å². The quantitative estimate of drug-likeness (QED) is 0.559. The van der Waals surface area contributed by atoms with E-state index in [9.17, 15) is 22.6 Å². The van der Waals surface area contributed by atoms with E-state index in [1.807, 2.05) is 6.07 Å². The number of rotatable bonds is 4. The number of hydrogen-bond acceptors (Lipinski definition) is 4. The first-order valence-corrected chi connectivity index (χ1v) is 8.71. The molecule has 0 radical (unpaired) electrons. The second-order valence-corrected chi connectivity index (χ2v) is 7.15. The summed E-state index contributed by atoms with van der Waals surface area (Å²) in [5.41, 5.74) is 3.97. The Hall–Kier alpha value is -2.51. The summed E-state index contributed by atoms with van der Waals surface area (Å²) >= 11 is 0. The van der Waals surface area contributed by atoms with Crippen LogP contribution in [0.1, 0.15) is 24.5 Å². The average molecular weight is 345 g/mol. The summed E-state index contributed by atoms with van der Waals surface area (Å²) in [5.74, 6) is -0.605. The zero-order valence-corrected chi connectivity index (χ0v) is 13.7. The van der Waals surface area contributed by atoms with E-state index in [1.165, 1.54) is 19.1 Å². The van der Waals surface area contributed by atoms with Crippen molar-refractivity contribution in [1.82, 2.24) is 0 Å². The van der Waals surface area contributed by atoms with Crippen molar-refractivity contribution in [1.29, 1.82) is 0 Å². The molecular weight excluding hydrogens is 330 g/mol. The van der Waals surface area contributed by atoms with Crippen molar-refractivity contribution in [3.63, 3.8) is 0 Å². The van der Waals surface area contributed by atoms with Gasteiger partial charge in [-0.05, 0) is 47.4 Å². The minimum atomic E-state index is -4.26. The summed E-state index contributed by atoms with van der Waals surface area (Å²) < 4.78 is 31.8. The molecule has 7 heteroatoms. The Morgan fingerprint density at radius 1 is 1.17 bits per heavy atom. The first-order chi connectivity index (χ1) is 11.3. The maximum Gasteiger partial charge on any atom is 0.294 e. The second kappa shape index (κ2) is 5.85. The second-order valence-electron chi connectivity index (χ2n) is 5.73. The highest BCUT2D eigenvalue weighted by molar-refractivity contribution is 7.85. The number of carbonyl (C=O) groups excluding carboxylic acids is 2. The van der Waals surface area contributed by atoms with Gasteiger partial charge in [-0.25, -0.2) is 0 Å². The van der Waals surface area contributed by atoms with Crippen molar-refractivity contribution < 1.29 is 22.6 Å². The molecule has 0 saturated carbocycles. The van der Waals surface area contributed by atoms with Crippen LogP contribution in [0.15, 0.2) is 41.3 Å². The molecule has 24 heavy (non-hydrogen) atoms. The van der Waals surface area contributed by atoms with E-state index >= 15 is 0 Å². The summed E-state index contributed by atoms with van der Waals surface area (Å²) in [7, 11) is -4.26. The van der Waals surface area contributed by atoms with Gasteiger partial charge in [0.25, 0.3) is 10.1 Å². The lowest BCUT2D eigenvalue weighted by Crippen LogP contribution is -2.15. The van der Waals surface area contributed by atoms with Crippen LogP contribution in [0.2, 0.25) is 0 Å². The number of anilines is 1. The molecule has 0 aromatic heterocycles. The van der Waals surface area contributed by atoms with Crippen molar-refractivity contribution >= 4 is 27.5 Å². The summed E-state index contributed by atoms with van der Waals surface area (Å²) in [5, 5.41) is 2.73. The lowest BCUT2D eigenvalue weighted by Gasteiger charge is -2.09.